The second-order valence-corrected chi connectivity index (χ2v) is 4.20. The maximum absolute atomic E-state index is 5.33. The molecular formula is C6H12INO. The molecule has 0 N–H and O–H groups in total. The molecule has 0 aromatic rings. The van der Waals surface area contributed by atoms with Crippen molar-refractivity contribution in [1.82, 2.24) is 4.90 Å². The van der Waals surface area contributed by atoms with E-state index in [9.17, 15) is 0 Å². The van der Waals surface area contributed by atoms with E-state index in [2.05, 4.69) is 34.5 Å². The van der Waals surface area contributed by atoms with Crippen molar-refractivity contribution >= 4 is 22.6 Å². The van der Waals surface area contributed by atoms with Crippen molar-refractivity contribution in [2.45, 2.75) is 3.92 Å². The van der Waals surface area contributed by atoms with Crippen LogP contribution in [0.2, 0.25) is 0 Å². The summed E-state index contributed by atoms with van der Waals surface area (Å²) in [5.41, 5.74) is 0. The normalized spacial score (nSPS) is 32.0. The Labute approximate surface area is 69.7 Å². The quantitative estimate of drug-likeness (QED) is 0.458. The predicted molar refractivity (Wildman–Crippen MR) is 46.1 cm³/mol. The molecule has 0 bridgehead atoms. The van der Waals surface area contributed by atoms with E-state index < -0.39 is 0 Å². The Morgan fingerprint density at radius 3 is 3.22 bits per heavy atom. The Balaban J connectivity index is 2.29. The van der Waals surface area contributed by atoms with Gasteiger partial charge in [-0.25, -0.2) is 0 Å². The van der Waals surface area contributed by atoms with Crippen molar-refractivity contribution < 1.29 is 4.74 Å². The minimum absolute atomic E-state index is 0.676. The SMILES string of the molecule is CN1CCOCC(I)C1. The van der Waals surface area contributed by atoms with Crippen LogP contribution in [0.15, 0.2) is 0 Å². The molecule has 1 atom stereocenters. The zero-order chi connectivity index (χ0) is 6.69. The molecule has 54 valence electrons. The Morgan fingerprint density at radius 2 is 2.44 bits per heavy atom. The number of rotatable bonds is 0. The van der Waals surface area contributed by atoms with E-state index in [1.807, 2.05) is 0 Å². The number of alkyl halides is 1. The zero-order valence-electron chi connectivity index (χ0n) is 5.64. The van der Waals surface area contributed by atoms with E-state index in [4.69, 9.17) is 4.74 Å². The third kappa shape index (κ3) is 2.82. The number of likely N-dealkylation sites (N-methyl/N-ethyl adjacent to an activating group) is 1. The first-order valence-electron chi connectivity index (χ1n) is 3.19. The van der Waals surface area contributed by atoms with E-state index >= 15 is 0 Å². The molecule has 1 fully saturated rings. The summed E-state index contributed by atoms with van der Waals surface area (Å²) in [5, 5.41) is 0. The smallest absolute Gasteiger partial charge is 0.0597 e. The predicted octanol–water partition coefficient (Wildman–Crippen LogP) is 0.752. The van der Waals surface area contributed by atoms with E-state index in [1.54, 1.807) is 0 Å². The van der Waals surface area contributed by atoms with E-state index in [1.165, 1.54) is 6.54 Å². The third-order valence-electron chi connectivity index (χ3n) is 1.43. The largest absolute Gasteiger partial charge is 0.379 e. The molecule has 2 nitrogen and oxygen atoms in total. The van der Waals surface area contributed by atoms with Crippen LogP contribution >= 0.6 is 22.6 Å². The van der Waals surface area contributed by atoms with Crippen molar-refractivity contribution in [1.29, 1.82) is 0 Å². The number of hydrogen-bond donors (Lipinski definition) is 0. The molecule has 0 aliphatic carbocycles. The molecule has 0 saturated carbocycles. The lowest BCUT2D eigenvalue weighted by molar-refractivity contribution is 0.148. The number of halogens is 1. The van der Waals surface area contributed by atoms with Gasteiger partial charge in [-0.15, -0.1) is 0 Å². The molecule has 0 radical (unpaired) electrons. The van der Waals surface area contributed by atoms with Crippen LogP contribution in [0.3, 0.4) is 0 Å². The highest BCUT2D eigenvalue weighted by molar-refractivity contribution is 14.1. The van der Waals surface area contributed by atoms with Gasteiger partial charge in [0, 0.05) is 17.0 Å². The Bertz CT molecular complexity index is 79.1. The van der Waals surface area contributed by atoms with Crippen LogP contribution in [-0.4, -0.2) is 42.2 Å². The van der Waals surface area contributed by atoms with Crippen molar-refractivity contribution in [3.8, 4) is 0 Å². The van der Waals surface area contributed by atoms with E-state index in [-0.39, 0.29) is 0 Å². The summed E-state index contributed by atoms with van der Waals surface area (Å²) in [5.74, 6) is 0. The topological polar surface area (TPSA) is 12.5 Å². The average Bonchev–Trinajstić information content (AvgIpc) is 1.93. The minimum atomic E-state index is 0.676. The van der Waals surface area contributed by atoms with Gasteiger partial charge in [0.1, 0.15) is 0 Å². The minimum Gasteiger partial charge on any atom is -0.379 e. The number of hydrogen-bond acceptors (Lipinski definition) is 2. The van der Waals surface area contributed by atoms with Crippen LogP contribution in [0.25, 0.3) is 0 Å². The summed E-state index contributed by atoms with van der Waals surface area (Å²) in [6.07, 6.45) is 0. The second kappa shape index (κ2) is 3.73. The molecular weight excluding hydrogens is 229 g/mol. The molecule has 0 amide bonds. The molecule has 3 heteroatoms. The highest BCUT2D eigenvalue weighted by atomic mass is 127. The lowest BCUT2D eigenvalue weighted by Gasteiger charge is -2.12. The standard InChI is InChI=1S/C6H12INO/c1-8-2-3-9-5-6(7)4-8/h6H,2-5H2,1H3. The van der Waals surface area contributed by atoms with Crippen LogP contribution in [0.1, 0.15) is 0 Å². The van der Waals surface area contributed by atoms with Crippen molar-refractivity contribution in [2.24, 2.45) is 0 Å². The second-order valence-electron chi connectivity index (χ2n) is 2.43. The molecule has 0 aromatic heterocycles. The zero-order valence-corrected chi connectivity index (χ0v) is 7.80. The summed E-state index contributed by atoms with van der Waals surface area (Å²) in [6, 6.07) is 0. The number of nitrogens with zero attached hydrogens (tertiary/aromatic N) is 1. The van der Waals surface area contributed by atoms with Gasteiger partial charge in [0.05, 0.1) is 13.2 Å². The molecule has 1 heterocycles. The Kier molecular flexibility index (Phi) is 3.21. The van der Waals surface area contributed by atoms with Gasteiger partial charge in [-0.05, 0) is 7.05 Å². The van der Waals surface area contributed by atoms with Gasteiger partial charge in [0.15, 0.2) is 0 Å². The van der Waals surface area contributed by atoms with Crippen LogP contribution in [0.5, 0.6) is 0 Å². The fourth-order valence-electron chi connectivity index (χ4n) is 0.914. The summed E-state index contributed by atoms with van der Waals surface area (Å²) >= 11 is 2.43. The fourth-order valence-corrected chi connectivity index (χ4v) is 1.84. The third-order valence-corrected chi connectivity index (χ3v) is 2.18. The molecule has 0 spiro atoms. The lowest BCUT2D eigenvalue weighted by atomic mass is 10.4. The van der Waals surface area contributed by atoms with Crippen molar-refractivity contribution in [3.63, 3.8) is 0 Å². The molecule has 1 aliphatic heterocycles. The van der Waals surface area contributed by atoms with Gasteiger partial charge in [0.2, 0.25) is 0 Å². The first kappa shape index (κ1) is 7.75. The molecule has 1 rings (SSSR count). The first-order chi connectivity index (χ1) is 4.29. The van der Waals surface area contributed by atoms with Crippen molar-refractivity contribution in [3.05, 3.63) is 0 Å². The van der Waals surface area contributed by atoms with E-state index in [0.29, 0.717) is 3.92 Å². The lowest BCUT2D eigenvalue weighted by Crippen LogP contribution is -2.25. The summed E-state index contributed by atoms with van der Waals surface area (Å²) in [6.45, 7) is 4.07. The maximum atomic E-state index is 5.33. The highest BCUT2D eigenvalue weighted by Crippen LogP contribution is 2.06. The fraction of sp³-hybridized carbons (Fsp3) is 1.00. The Morgan fingerprint density at radius 1 is 1.67 bits per heavy atom. The van der Waals surface area contributed by atoms with Crippen molar-refractivity contribution in [2.75, 3.05) is 33.4 Å². The molecule has 1 saturated heterocycles. The molecule has 1 unspecified atom stereocenters. The maximum Gasteiger partial charge on any atom is 0.0597 e. The van der Waals surface area contributed by atoms with Crippen LogP contribution in [0, 0.1) is 0 Å². The van der Waals surface area contributed by atoms with Gasteiger partial charge in [-0.3, -0.25) is 0 Å². The first-order valence-corrected chi connectivity index (χ1v) is 4.44. The van der Waals surface area contributed by atoms with E-state index in [0.717, 1.165) is 19.8 Å². The summed E-state index contributed by atoms with van der Waals surface area (Å²) < 4.78 is 6.00. The summed E-state index contributed by atoms with van der Waals surface area (Å²) in [4.78, 5) is 2.31. The van der Waals surface area contributed by atoms with Crippen LogP contribution in [-0.2, 0) is 4.74 Å². The average molecular weight is 241 g/mol. The van der Waals surface area contributed by atoms with Gasteiger partial charge in [-0.1, -0.05) is 22.6 Å². The van der Waals surface area contributed by atoms with Gasteiger partial charge in [0.25, 0.3) is 0 Å². The van der Waals surface area contributed by atoms with Crippen LogP contribution in [0.4, 0.5) is 0 Å². The van der Waals surface area contributed by atoms with Gasteiger partial charge in [-0.2, -0.15) is 0 Å². The molecule has 1 aliphatic rings. The number of ether oxygens (including phenoxy) is 1. The monoisotopic (exact) mass is 241 g/mol. The van der Waals surface area contributed by atoms with Gasteiger partial charge >= 0.3 is 0 Å². The summed E-state index contributed by atoms with van der Waals surface area (Å²) in [7, 11) is 2.14. The highest BCUT2D eigenvalue weighted by Gasteiger charge is 2.11. The van der Waals surface area contributed by atoms with Gasteiger partial charge < -0.3 is 9.64 Å². The molecule has 9 heavy (non-hydrogen) atoms. The van der Waals surface area contributed by atoms with Crippen LogP contribution < -0.4 is 0 Å². The molecule has 0 aromatic carbocycles. The Hall–Kier alpha value is 0.650.